The number of nitrogens with one attached hydrogen (secondary N) is 1. The van der Waals surface area contributed by atoms with Crippen LogP contribution in [0.15, 0.2) is 24.3 Å². The van der Waals surface area contributed by atoms with Crippen LogP contribution in [0.4, 0.5) is 14.5 Å². The third kappa shape index (κ3) is 2.78. The zero-order valence-corrected chi connectivity index (χ0v) is 10.6. The van der Waals surface area contributed by atoms with Crippen molar-refractivity contribution < 1.29 is 13.6 Å². The minimum absolute atomic E-state index is 0.188. The molecule has 0 bridgehead atoms. The van der Waals surface area contributed by atoms with Gasteiger partial charge in [-0.2, -0.15) is 5.10 Å². The Hall–Kier alpha value is -2.24. The minimum Gasteiger partial charge on any atom is -0.320 e. The lowest BCUT2D eigenvalue weighted by molar-refractivity contribution is 0.102. The quantitative estimate of drug-likeness (QED) is 0.927. The molecule has 0 unspecified atom stereocenters. The minimum atomic E-state index is -1.01. The lowest BCUT2D eigenvalue weighted by atomic mass is 10.3. The number of benzene rings is 1. The Morgan fingerprint density at radius 3 is 2.63 bits per heavy atom. The first-order valence-electron chi connectivity index (χ1n) is 5.82. The molecule has 2 rings (SSSR count). The van der Waals surface area contributed by atoms with Gasteiger partial charge in [0, 0.05) is 24.0 Å². The fourth-order valence-electron chi connectivity index (χ4n) is 1.71. The first kappa shape index (κ1) is 13.2. The molecule has 0 aliphatic rings. The van der Waals surface area contributed by atoms with Crippen molar-refractivity contribution in [1.82, 2.24) is 9.78 Å². The zero-order valence-electron chi connectivity index (χ0n) is 10.6. The second-order valence-corrected chi connectivity index (χ2v) is 4.07. The van der Waals surface area contributed by atoms with Crippen molar-refractivity contribution in [1.29, 1.82) is 0 Å². The van der Waals surface area contributed by atoms with E-state index in [0.717, 1.165) is 17.8 Å². The summed E-state index contributed by atoms with van der Waals surface area (Å²) in [6.45, 7) is 4.41. The monoisotopic (exact) mass is 265 g/mol. The maximum absolute atomic E-state index is 13.0. The number of halogens is 2. The van der Waals surface area contributed by atoms with Crippen LogP contribution in [0, 0.1) is 18.6 Å². The Bertz CT molecular complexity index is 622. The van der Waals surface area contributed by atoms with Crippen molar-refractivity contribution in [3.05, 3.63) is 47.3 Å². The highest BCUT2D eigenvalue weighted by molar-refractivity contribution is 6.02. The number of aryl methyl sites for hydroxylation is 2. The standard InChI is InChI=1S/C13H13F2N3O/c1-3-18-8(2)6-12(17-18)13(19)16-9-4-5-10(14)11(15)7-9/h4-7H,3H2,1-2H3,(H,16,19). The van der Waals surface area contributed by atoms with Crippen molar-refractivity contribution in [2.24, 2.45) is 0 Å². The molecule has 1 aromatic carbocycles. The summed E-state index contributed by atoms with van der Waals surface area (Å²) in [6.07, 6.45) is 0. The Kier molecular flexibility index (Phi) is 3.59. The Morgan fingerprint density at radius 2 is 2.05 bits per heavy atom. The Balaban J connectivity index is 2.18. The molecule has 6 heteroatoms. The van der Waals surface area contributed by atoms with Crippen molar-refractivity contribution in [3.63, 3.8) is 0 Å². The second-order valence-electron chi connectivity index (χ2n) is 4.07. The van der Waals surface area contributed by atoms with E-state index in [2.05, 4.69) is 10.4 Å². The smallest absolute Gasteiger partial charge is 0.276 e. The second kappa shape index (κ2) is 5.17. The molecule has 0 saturated carbocycles. The summed E-state index contributed by atoms with van der Waals surface area (Å²) >= 11 is 0. The van der Waals surface area contributed by atoms with Crippen LogP contribution in [0.25, 0.3) is 0 Å². The summed E-state index contributed by atoms with van der Waals surface area (Å²) in [5, 5.41) is 6.57. The van der Waals surface area contributed by atoms with E-state index < -0.39 is 17.5 Å². The van der Waals surface area contributed by atoms with Crippen molar-refractivity contribution in [2.45, 2.75) is 20.4 Å². The summed E-state index contributed by atoms with van der Waals surface area (Å²) < 4.78 is 27.4. The maximum atomic E-state index is 13.0. The van der Waals surface area contributed by atoms with E-state index in [1.165, 1.54) is 6.07 Å². The Morgan fingerprint density at radius 1 is 1.32 bits per heavy atom. The molecule has 100 valence electrons. The number of nitrogens with zero attached hydrogens (tertiary/aromatic N) is 2. The summed E-state index contributed by atoms with van der Waals surface area (Å²) in [4.78, 5) is 11.9. The third-order valence-corrected chi connectivity index (χ3v) is 2.69. The number of carbonyl (C=O) groups excluding carboxylic acids is 1. The van der Waals surface area contributed by atoms with Gasteiger partial charge in [0.2, 0.25) is 0 Å². The van der Waals surface area contributed by atoms with Gasteiger partial charge in [-0.1, -0.05) is 0 Å². The fraction of sp³-hybridized carbons (Fsp3) is 0.231. The first-order valence-corrected chi connectivity index (χ1v) is 5.82. The van der Waals surface area contributed by atoms with Crippen LogP contribution >= 0.6 is 0 Å². The van der Waals surface area contributed by atoms with E-state index >= 15 is 0 Å². The molecule has 1 aromatic heterocycles. The van der Waals surface area contributed by atoms with E-state index in [0.29, 0.717) is 6.54 Å². The number of aromatic nitrogens is 2. The number of rotatable bonds is 3. The van der Waals surface area contributed by atoms with Crippen LogP contribution < -0.4 is 5.32 Å². The maximum Gasteiger partial charge on any atom is 0.276 e. The number of anilines is 1. The molecule has 4 nitrogen and oxygen atoms in total. The van der Waals surface area contributed by atoms with Crippen molar-refractivity contribution in [3.8, 4) is 0 Å². The fourth-order valence-corrected chi connectivity index (χ4v) is 1.71. The normalized spacial score (nSPS) is 10.5. The van der Waals surface area contributed by atoms with Gasteiger partial charge in [0.25, 0.3) is 5.91 Å². The highest BCUT2D eigenvalue weighted by Crippen LogP contribution is 2.14. The number of hydrogen-bond acceptors (Lipinski definition) is 2. The highest BCUT2D eigenvalue weighted by Gasteiger charge is 2.12. The topological polar surface area (TPSA) is 46.9 Å². The molecule has 0 aliphatic carbocycles. The van der Waals surface area contributed by atoms with Gasteiger partial charge in [-0.15, -0.1) is 0 Å². The van der Waals surface area contributed by atoms with E-state index in [4.69, 9.17) is 0 Å². The van der Waals surface area contributed by atoms with Gasteiger partial charge in [-0.3, -0.25) is 9.48 Å². The molecule has 1 amide bonds. The highest BCUT2D eigenvalue weighted by atomic mass is 19.2. The molecule has 1 N–H and O–H groups in total. The summed E-state index contributed by atoms with van der Waals surface area (Å²) in [5.41, 5.74) is 1.29. The zero-order chi connectivity index (χ0) is 14.0. The van der Waals surface area contributed by atoms with Crippen molar-refractivity contribution >= 4 is 11.6 Å². The lowest BCUT2D eigenvalue weighted by Crippen LogP contribution is -2.13. The summed E-state index contributed by atoms with van der Waals surface area (Å²) in [7, 11) is 0. The van der Waals surface area contributed by atoms with E-state index in [1.54, 1.807) is 10.7 Å². The molecule has 0 atom stereocenters. The molecule has 1 heterocycles. The molecular weight excluding hydrogens is 252 g/mol. The van der Waals surface area contributed by atoms with Gasteiger partial charge >= 0.3 is 0 Å². The van der Waals surface area contributed by atoms with Crippen LogP contribution in [-0.4, -0.2) is 15.7 Å². The van der Waals surface area contributed by atoms with Crippen LogP contribution in [0.3, 0.4) is 0 Å². The molecule has 0 spiro atoms. The Labute approximate surface area is 109 Å². The van der Waals surface area contributed by atoms with Crippen LogP contribution in [-0.2, 0) is 6.54 Å². The average Bonchev–Trinajstić information content (AvgIpc) is 2.75. The van der Waals surface area contributed by atoms with E-state index in [-0.39, 0.29) is 11.4 Å². The van der Waals surface area contributed by atoms with Gasteiger partial charge < -0.3 is 5.32 Å². The van der Waals surface area contributed by atoms with Crippen molar-refractivity contribution in [2.75, 3.05) is 5.32 Å². The SMILES string of the molecule is CCn1nc(C(=O)Nc2ccc(F)c(F)c2)cc1C. The molecule has 19 heavy (non-hydrogen) atoms. The van der Waals surface area contributed by atoms with Crippen LogP contribution in [0.2, 0.25) is 0 Å². The van der Waals surface area contributed by atoms with Gasteiger partial charge in [-0.05, 0) is 32.0 Å². The predicted molar refractivity (Wildman–Crippen MR) is 66.9 cm³/mol. The van der Waals surface area contributed by atoms with Gasteiger partial charge in [0.15, 0.2) is 17.3 Å². The molecule has 0 saturated heterocycles. The summed E-state index contributed by atoms with van der Waals surface area (Å²) in [6, 6.07) is 4.82. The average molecular weight is 265 g/mol. The number of carbonyl (C=O) groups is 1. The van der Waals surface area contributed by atoms with Crippen LogP contribution in [0.5, 0.6) is 0 Å². The molecule has 0 aliphatic heterocycles. The van der Waals surface area contributed by atoms with Gasteiger partial charge in [0.05, 0.1) is 0 Å². The van der Waals surface area contributed by atoms with Crippen LogP contribution in [0.1, 0.15) is 23.1 Å². The first-order chi connectivity index (χ1) is 9.01. The molecule has 2 aromatic rings. The number of hydrogen-bond donors (Lipinski definition) is 1. The summed E-state index contributed by atoms with van der Waals surface area (Å²) in [5.74, 6) is -2.42. The van der Waals surface area contributed by atoms with E-state index in [1.807, 2.05) is 13.8 Å². The molecule has 0 fully saturated rings. The molecular formula is C13H13F2N3O. The molecule has 0 radical (unpaired) electrons. The van der Waals surface area contributed by atoms with E-state index in [9.17, 15) is 13.6 Å². The largest absolute Gasteiger partial charge is 0.320 e. The van der Waals surface area contributed by atoms with Gasteiger partial charge in [-0.25, -0.2) is 8.78 Å². The van der Waals surface area contributed by atoms with Gasteiger partial charge in [0.1, 0.15) is 0 Å². The lowest BCUT2D eigenvalue weighted by Gasteiger charge is -2.03. The third-order valence-electron chi connectivity index (χ3n) is 2.69. The predicted octanol–water partition coefficient (Wildman–Crippen LogP) is 2.74. The number of amides is 1.